The Balaban J connectivity index is 1.47. The maximum Gasteiger partial charge on any atom is 0.254 e. The third kappa shape index (κ3) is 4.06. The van der Waals surface area contributed by atoms with Crippen molar-refractivity contribution in [3.63, 3.8) is 0 Å². The number of ether oxygens (including phenoxy) is 2. The Kier molecular flexibility index (Phi) is 5.42. The molecule has 2 aromatic rings. The number of hydrogen-bond acceptors (Lipinski definition) is 5. The maximum atomic E-state index is 13.0. The fourth-order valence-corrected chi connectivity index (χ4v) is 3.95. The molecule has 0 radical (unpaired) electrons. The molecule has 0 spiro atoms. The minimum absolute atomic E-state index is 0.00618. The van der Waals surface area contributed by atoms with Crippen LogP contribution in [0, 0.1) is 0 Å². The van der Waals surface area contributed by atoms with Gasteiger partial charge in [-0.1, -0.05) is 0 Å². The minimum Gasteiger partial charge on any atom is -0.493 e. The van der Waals surface area contributed by atoms with Crippen LogP contribution in [-0.4, -0.2) is 64.7 Å². The summed E-state index contributed by atoms with van der Waals surface area (Å²) in [6.07, 6.45) is 4.07. The zero-order chi connectivity index (χ0) is 20.4. The summed E-state index contributed by atoms with van der Waals surface area (Å²) in [5, 5.41) is 7.05. The van der Waals surface area contributed by atoms with E-state index in [2.05, 4.69) is 10.2 Å². The van der Waals surface area contributed by atoms with E-state index in [4.69, 9.17) is 9.47 Å². The van der Waals surface area contributed by atoms with Crippen molar-refractivity contribution in [3.8, 4) is 11.5 Å². The standard InChI is InChI=1S/C21H26N4O4/c1-14(26)24-8-5-17(6-9-24)29-20-11-15(3-4-19(20)28-2)21(27)25-10-7-18-16(13-25)12-22-23-18/h3-4,11-12,17H,5-10,13H2,1-2H3,(H,22,23). The molecule has 0 atom stereocenters. The highest BCUT2D eigenvalue weighted by Gasteiger charge is 2.26. The minimum atomic E-state index is -0.0317. The number of H-pyrrole nitrogens is 1. The van der Waals surface area contributed by atoms with E-state index in [1.165, 1.54) is 0 Å². The lowest BCUT2D eigenvalue weighted by atomic mass is 10.1. The Bertz CT molecular complexity index is 902. The Hall–Kier alpha value is -3.03. The van der Waals surface area contributed by atoms with Crippen molar-refractivity contribution in [3.05, 3.63) is 41.2 Å². The number of carbonyl (C=O) groups is 2. The largest absolute Gasteiger partial charge is 0.493 e. The molecule has 2 aliphatic rings. The highest BCUT2D eigenvalue weighted by molar-refractivity contribution is 5.95. The predicted octanol–water partition coefficient (Wildman–Crippen LogP) is 2.01. The van der Waals surface area contributed by atoms with Crippen molar-refractivity contribution in [2.24, 2.45) is 0 Å². The molecule has 0 saturated carbocycles. The summed E-state index contributed by atoms with van der Waals surface area (Å²) in [5.41, 5.74) is 2.74. The topological polar surface area (TPSA) is 87.8 Å². The molecule has 2 aliphatic heterocycles. The molecule has 0 bridgehead atoms. The maximum absolute atomic E-state index is 13.0. The Labute approximate surface area is 169 Å². The molecule has 1 N–H and O–H groups in total. The van der Waals surface area contributed by atoms with Crippen molar-refractivity contribution < 1.29 is 19.1 Å². The molecule has 3 heterocycles. The summed E-state index contributed by atoms with van der Waals surface area (Å²) in [6, 6.07) is 5.32. The third-order valence-corrected chi connectivity index (χ3v) is 5.68. The van der Waals surface area contributed by atoms with E-state index >= 15 is 0 Å². The van der Waals surface area contributed by atoms with Crippen molar-refractivity contribution in [1.82, 2.24) is 20.0 Å². The van der Waals surface area contributed by atoms with E-state index in [0.29, 0.717) is 43.2 Å². The van der Waals surface area contributed by atoms with E-state index in [1.54, 1.807) is 38.4 Å². The molecule has 8 heteroatoms. The zero-order valence-corrected chi connectivity index (χ0v) is 16.8. The van der Waals surface area contributed by atoms with Crippen LogP contribution in [0.3, 0.4) is 0 Å². The number of piperidine rings is 1. The molecule has 29 heavy (non-hydrogen) atoms. The number of fused-ring (bicyclic) bond motifs is 1. The second kappa shape index (κ2) is 8.14. The average Bonchev–Trinajstić information content (AvgIpc) is 3.21. The Morgan fingerprint density at radius 2 is 1.93 bits per heavy atom. The van der Waals surface area contributed by atoms with Gasteiger partial charge in [0.1, 0.15) is 6.10 Å². The van der Waals surface area contributed by atoms with Crippen LogP contribution < -0.4 is 9.47 Å². The summed E-state index contributed by atoms with van der Waals surface area (Å²) in [5.74, 6) is 1.23. The van der Waals surface area contributed by atoms with E-state index in [1.807, 2.05) is 9.80 Å². The van der Waals surface area contributed by atoms with Crippen LogP contribution in [0.2, 0.25) is 0 Å². The second-order valence-corrected chi connectivity index (χ2v) is 7.54. The number of nitrogens with one attached hydrogen (secondary N) is 1. The molecule has 1 aromatic heterocycles. The zero-order valence-electron chi connectivity index (χ0n) is 16.8. The fraction of sp³-hybridized carbons (Fsp3) is 0.476. The highest BCUT2D eigenvalue weighted by atomic mass is 16.5. The SMILES string of the molecule is COc1ccc(C(=O)N2CCc3[nH]ncc3C2)cc1OC1CCN(C(C)=O)CC1. The number of likely N-dealkylation sites (tertiary alicyclic amines) is 1. The summed E-state index contributed by atoms with van der Waals surface area (Å²) >= 11 is 0. The molecular formula is C21H26N4O4. The van der Waals surface area contributed by atoms with Gasteiger partial charge >= 0.3 is 0 Å². The van der Waals surface area contributed by atoms with Crippen LogP contribution in [-0.2, 0) is 17.8 Å². The van der Waals surface area contributed by atoms with Gasteiger partial charge < -0.3 is 19.3 Å². The fourth-order valence-electron chi connectivity index (χ4n) is 3.95. The summed E-state index contributed by atoms with van der Waals surface area (Å²) in [4.78, 5) is 28.2. The van der Waals surface area contributed by atoms with Gasteiger partial charge in [0.15, 0.2) is 11.5 Å². The Morgan fingerprint density at radius 1 is 1.14 bits per heavy atom. The molecule has 8 nitrogen and oxygen atoms in total. The number of aromatic amines is 1. The normalized spacial score (nSPS) is 17.0. The van der Waals surface area contributed by atoms with Crippen molar-refractivity contribution >= 4 is 11.8 Å². The van der Waals surface area contributed by atoms with Crippen LogP contribution in [0.1, 0.15) is 41.4 Å². The van der Waals surface area contributed by atoms with Gasteiger partial charge in [-0.05, 0) is 18.2 Å². The first-order valence-electron chi connectivity index (χ1n) is 9.95. The van der Waals surface area contributed by atoms with Crippen LogP contribution in [0.5, 0.6) is 11.5 Å². The molecule has 0 aliphatic carbocycles. The van der Waals surface area contributed by atoms with Crippen LogP contribution in [0.4, 0.5) is 0 Å². The summed E-state index contributed by atoms with van der Waals surface area (Å²) in [6.45, 7) is 4.16. The van der Waals surface area contributed by atoms with E-state index in [0.717, 1.165) is 30.5 Å². The number of methoxy groups -OCH3 is 1. The van der Waals surface area contributed by atoms with E-state index in [9.17, 15) is 9.59 Å². The average molecular weight is 398 g/mol. The number of aromatic nitrogens is 2. The smallest absolute Gasteiger partial charge is 0.254 e. The van der Waals surface area contributed by atoms with Crippen molar-refractivity contribution in [2.45, 2.75) is 38.8 Å². The highest BCUT2D eigenvalue weighted by Crippen LogP contribution is 2.31. The number of amides is 2. The van der Waals surface area contributed by atoms with Gasteiger partial charge in [-0.25, -0.2) is 0 Å². The molecule has 2 amide bonds. The number of carbonyl (C=O) groups excluding carboxylic acids is 2. The summed E-state index contributed by atoms with van der Waals surface area (Å²) < 4.78 is 11.6. The van der Waals surface area contributed by atoms with Gasteiger partial charge in [0, 0.05) is 69.2 Å². The number of benzene rings is 1. The molecule has 1 saturated heterocycles. The quantitative estimate of drug-likeness (QED) is 0.851. The van der Waals surface area contributed by atoms with Gasteiger partial charge in [0.25, 0.3) is 5.91 Å². The van der Waals surface area contributed by atoms with Gasteiger partial charge in [0.05, 0.1) is 13.3 Å². The number of hydrogen-bond donors (Lipinski definition) is 1. The monoisotopic (exact) mass is 398 g/mol. The predicted molar refractivity (Wildman–Crippen MR) is 106 cm³/mol. The molecule has 1 aromatic carbocycles. The van der Waals surface area contributed by atoms with Gasteiger partial charge in [-0.2, -0.15) is 5.10 Å². The third-order valence-electron chi connectivity index (χ3n) is 5.68. The Morgan fingerprint density at radius 3 is 2.66 bits per heavy atom. The molecule has 4 rings (SSSR count). The first-order valence-corrected chi connectivity index (χ1v) is 9.95. The van der Waals surface area contributed by atoms with Crippen LogP contribution >= 0.6 is 0 Å². The van der Waals surface area contributed by atoms with Crippen LogP contribution in [0.25, 0.3) is 0 Å². The van der Waals surface area contributed by atoms with E-state index in [-0.39, 0.29) is 17.9 Å². The molecular weight excluding hydrogens is 372 g/mol. The first-order chi connectivity index (χ1) is 14.0. The van der Waals surface area contributed by atoms with Gasteiger partial charge in [-0.15, -0.1) is 0 Å². The van der Waals surface area contributed by atoms with Crippen molar-refractivity contribution in [1.29, 1.82) is 0 Å². The van der Waals surface area contributed by atoms with E-state index < -0.39 is 0 Å². The molecule has 0 unspecified atom stereocenters. The lowest BCUT2D eigenvalue weighted by Gasteiger charge is -2.32. The number of nitrogens with zero attached hydrogens (tertiary/aromatic N) is 3. The lowest BCUT2D eigenvalue weighted by molar-refractivity contribution is -0.130. The lowest BCUT2D eigenvalue weighted by Crippen LogP contribution is -2.40. The molecule has 1 fully saturated rings. The molecule has 154 valence electrons. The van der Waals surface area contributed by atoms with Gasteiger partial charge in [-0.3, -0.25) is 14.7 Å². The van der Waals surface area contributed by atoms with Crippen molar-refractivity contribution in [2.75, 3.05) is 26.7 Å². The number of rotatable bonds is 4. The second-order valence-electron chi connectivity index (χ2n) is 7.54. The first kappa shape index (κ1) is 19.3. The van der Waals surface area contributed by atoms with Crippen LogP contribution in [0.15, 0.2) is 24.4 Å². The summed E-state index contributed by atoms with van der Waals surface area (Å²) in [7, 11) is 1.59. The van der Waals surface area contributed by atoms with Gasteiger partial charge in [0.2, 0.25) is 5.91 Å².